The molecule has 2 rings (SSSR count). The Hall–Kier alpha value is -0.720. The highest BCUT2D eigenvalue weighted by molar-refractivity contribution is 7.91. The van der Waals surface area contributed by atoms with Gasteiger partial charge >= 0.3 is 5.97 Å². The van der Waals surface area contributed by atoms with Crippen LogP contribution in [0.5, 0.6) is 0 Å². The van der Waals surface area contributed by atoms with Crippen LogP contribution in [0.4, 0.5) is 8.78 Å². The van der Waals surface area contributed by atoms with Gasteiger partial charge in [0.2, 0.25) is 0 Å². The molecule has 0 radical (unpaired) electrons. The Morgan fingerprint density at radius 1 is 1.26 bits per heavy atom. The summed E-state index contributed by atoms with van der Waals surface area (Å²) in [5.74, 6) is -6.78. The molecule has 2 fully saturated rings. The summed E-state index contributed by atoms with van der Waals surface area (Å²) in [6, 6.07) is 0. The minimum atomic E-state index is -3.71. The number of carboxylic acid groups (broad SMARTS) is 1. The number of aliphatic carboxylic acids is 1. The number of rotatable bonds is 3. The molecule has 0 aromatic carbocycles. The first-order valence-electron chi connectivity index (χ1n) is 6.50. The average Bonchev–Trinajstić information content (AvgIpc) is 2.76. The highest BCUT2D eigenvalue weighted by Crippen LogP contribution is 2.50. The molecule has 1 N–H and O–H groups in total. The topological polar surface area (TPSA) is 71.4 Å². The number of carboxylic acids is 1. The van der Waals surface area contributed by atoms with E-state index < -0.39 is 45.1 Å². The van der Waals surface area contributed by atoms with E-state index in [1.165, 1.54) is 0 Å². The molecular formula is C12H18F2O4S. The van der Waals surface area contributed by atoms with E-state index in [0.29, 0.717) is 12.8 Å². The second kappa shape index (κ2) is 4.68. The van der Waals surface area contributed by atoms with Crippen molar-refractivity contribution in [3.63, 3.8) is 0 Å². The summed E-state index contributed by atoms with van der Waals surface area (Å²) in [6.07, 6.45) is 2.12. The Morgan fingerprint density at radius 3 is 2.37 bits per heavy atom. The van der Waals surface area contributed by atoms with Gasteiger partial charge in [-0.25, -0.2) is 17.2 Å². The lowest BCUT2D eigenvalue weighted by molar-refractivity contribution is -0.180. The van der Waals surface area contributed by atoms with Crippen molar-refractivity contribution < 1.29 is 27.1 Å². The highest BCUT2D eigenvalue weighted by atomic mass is 32.2. The third-order valence-electron chi connectivity index (χ3n) is 4.41. The highest BCUT2D eigenvalue weighted by Gasteiger charge is 2.64. The molecule has 0 aromatic rings. The molecule has 0 aromatic heterocycles. The van der Waals surface area contributed by atoms with Crippen molar-refractivity contribution in [2.24, 2.45) is 11.3 Å². The standard InChI is InChI=1S/C12H18F2O4S/c13-12(14)5-6-19(17,18)8-11(12,10(15)16)7-9-3-1-2-4-9/h9H,1-8H2,(H,15,16). The molecule has 1 aliphatic carbocycles. The van der Waals surface area contributed by atoms with E-state index in [1.54, 1.807) is 0 Å². The zero-order chi connectivity index (χ0) is 14.3. The maximum Gasteiger partial charge on any atom is 0.316 e. The first-order valence-corrected chi connectivity index (χ1v) is 8.32. The SMILES string of the molecule is O=C(O)C1(CC2CCCC2)CS(=O)(=O)CCC1(F)F. The molecule has 110 valence electrons. The van der Waals surface area contributed by atoms with E-state index >= 15 is 0 Å². The van der Waals surface area contributed by atoms with Crippen molar-refractivity contribution in [3.8, 4) is 0 Å². The molecular weight excluding hydrogens is 278 g/mol. The normalized spacial score (nSPS) is 34.2. The lowest BCUT2D eigenvalue weighted by Gasteiger charge is -2.41. The summed E-state index contributed by atoms with van der Waals surface area (Å²) in [5, 5.41) is 9.27. The van der Waals surface area contributed by atoms with Crippen LogP contribution in [0.3, 0.4) is 0 Å². The Morgan fingerprint density at radius 2 is 1.84 bits per heavy atom. The smallest absolute Gasteiger partial charge is 0.316 e. The Labute approximate surface area is 111 Å². The number of hydrogen-bond donors (Lipinski definition) is 1. The zero-order valence-corrected chi connectivity index (χ0v) is 11.4. The van der Waals surface area contributed by atoms with Gasteiger partial charge in [0.05, 0.1) is 11.5 Å². The Bertz CT molecular complexity index is 468. The number of halogens is 2. The predicted octanol–water partition coefficient (Wildman–Crippen LogP) is 2.09. The van der Waals surface area contributed by atoms with Crippen LogP contribution in [-0.2, 0) is 14.6 Å². The summed E-state index contributed by atoms with van der Waals surface area (Å²) in [7, 11) is -3.71. The summed E-state index contributed by atoms with van der Waals surface area (Å²) in [6.45, 7) is 0. The van der Waals surface area contributed by atoms with Gasteiger partial charge in [-0.05, 0) is 12.3 Å². The second-order valence-electron chi connectivity index (χ2n) is 5.79. The number of carbonyl (C=O) groups is 1. The quantitative estimate of drug-likeness (QED) is 0.865. The summed E-state index contributed by atoms with van der Waals surface area (Å²) < 4.78 is 51.5. The fourth-order valence-corrected chi connectivity index (χ4v) is 5.21. The molecule has 1 heterocycles. The van der Waals surface area contributed by atoms with Crippen molar-refractivity contribution in [2.75, 3.05) is 11.5 Å². The van der Waals surface area contributed by atoms with Gasteiger partial charge in [0.15, 0.2) is 9.84 Å². The molecule has 0 bridgehead atoms. The van der Waals surface area contributed by atoms with E-state index in [1.807, 2.05) is 0 Å². The van der Waals surface area contributed by atoms with Crippen molar-refractivity contribution in [3.05, 3.63) is 0 Å². The van der Waals surface area contributed by atoms with E-state index in [4.69, 9.17) is 0 Å². The molecule has 7 heteroatoms. The van der Waals surface area contributed by atoms with Gasteiger partial charge in [0.25, 0.3) is 5.92 Å². The number of hydrogen-bond acceptors (Lipinski definition) is 3. The molecule has 4 nitrogen and oxygen atoms in total. The minimum Gasteiger partial charge on any atom is -0.481 e. The molecule has 2 aliphatic rings. The third kappa shape index (κ3) is 2.61. The van der Waals surface area contributed by atoms with E-state index in [-0.39, 0.29) is 12.3 Å². The zero-order valence-electron chi connectivity index (χ0n) is 10.6. The minimum absolute atomic E-state index is 0.102. The van der Waals surface area contributed by atoms with Gasteiger partial charge in [0, 0.05) is 6.42 Å². The third-order valence-corrected chi connectivity index (χ3v) is 6.17. The van der Waals surface area contributed by atoms with Crippen LogP contribution in [0.25, 0.3) is 0 Å². The predicted molar refractivity (Wildman–Crippen MR) is 64.9 cm³/mol. The van der Waals surface area contributed by atoms with Crippen molar-refractivity contribution in [1.29, 1.82) is 0 Å². The lowest BCUT2D eigenvalue weighted by Crippen LogP contribution is -2.57. The molecule has 0 amide bonds. The van der Waals surface area contributed by atoms with Gasteiger partial charge in [-0.1, -0.05) is 25.7 Å². The molecule has 1 aliphatic heterocycles. The van der Waals surface area contributed by atoms with Crippen LogP contribution >= 0.6 is 0 Å². The molecule has 1 unspecified atom stereocenters. The van der Waals surface area contributed by atoms with Gasteiger partial charge in [0.1, 0.15) is 5.41 Å². The van der Waals surface area contributed by atoms with Gasteiger partial charge in [-0.3, -0.25) is 4.79 Å². The molecule has 1 saturated carbocycles. The average molecular weight is 296 g/mol. The van der Waals surface area contributed by atoms with Crippen molar-refractivity contribution in [1.82, 2.24) is 0 Å². The van der Waals surface area contributed by atoms with Gasteiger partial charge in [-0.2, -0.15) is 0 Å². The van der Waals surface area contributed by atoms with Crippen LogP contribution in [-0.4, -0.2) is 36.9 Å². The van der Waals surface area contributed by atoms with Crippen molar-refractivity contribution in [2.45, 2.75) is 44.4 Å². The first-order chi connectivity index (χ1) is 8.69. The molecule has 1 atom stereocenters. The second-order valence-corrected chi connectivity index (χ2v) is 7.97. The Kier molecular flexibility index (Phi) is 3.62. The van der Waals surface area contributed by atoms with E-state index in [0.717, 1.165) is 12.8 Å². The number of alkyl halides is 2. The van der Waals surface area contributed by atoms with Crippen LogP contribution in [0.15, 0.2) is 0 Å². The Balaban J connectivity index is 2.36. The molecule has 1 saturated heterocycles. The molecule has 19 heavy (non-hydrogen) atoms. The van der Waals surface area contributed by atoms with Gasteiger partial charge in [-0.15, -0.1) is 0 Å². The van der Waals surface area contributed by atoms with Crippen LogP contribution < -0.4 is 0 Å². The van der Waals surface area contributed by atoms with Crippen LogP contribution in [0.2, 0.25) is 0 Å². The lowest BCUT2D eigenvalue weighted by atomic mass is 9.73. The maximum absolute atomic E-state index is 14.1. The van der Waals surface area contributed by atoms with Crippen LogP contribution in [0.1, 0.15) is 38.5 Å². The molecule has 0 spiro atoms. The van der Waals surface area contributed by atoms with E-state index in [9.17, 15) is 27.1 Å². The van der Waals surface area contributed by atoms with E-state index in [2.05, 4.69) is 0 Å². The first kappa shape index (κ1) is 14.7. The van der Waals surface area contributed by atoms with Crippen molar-refractivity contribution >= 4 is 15.8 Å². The maximum atomic E-state index is 14.1. The largest absolute Gasteiger partial charge is 0.481 e. The fraction of sp³-hybridized carbons (Fsp3) is 0.917. The number of sulfone groups is 1. The fourth-order valence-electron chi connectivity index (χ4n) is 3.30. The monoisotopic (exact) mass is 296 g/mol. The summed E-state index contributed by atoms with van der Waals surface area (Å²) in [5.41, 5.74) is -2.43. The van der Waals surface area contributed by atoms with Crippen LogP contribution in [0, 0.1) is 11.3 Å². The van der Waals surface area contributed by atoms with Gasteiger partial charge < -0.3 is 5.11 Å². The summed E-state index contributed by atoms with van der Waals surface area (Å²) >= 11 is 0. The summed E-state index contributed by atoms with van der Waals surface area (Å²) in [4.78, 5) is 11.4.